The van der Waals surface area contributed by atoms with Crippen molar-refractivity contribution in [1.82, 2.24) is 60.3 Å². The molecular weight excluding hydrogens is 1300 g/mol. The number of rotatable bonds is 26. The van der Waals surface area contributed by atoms with Crippen molar-refractivity contribution in [3.63, 3.8) is 0 Å². The molecule has 3 aliphatic heterocycles. The number of nitrogens with one attached hydrogen (secondary N) is 6. The van der Waals surface area contributed by atoms with Gasteiger partial charge in [0.2, 0.25) is 23.6 Å². The van der Waals surface area contributed by atoms with E-state index in [0.717, 1.165) is 23.5 Å². The second-order valence-electron chi connectivity index (χ2n) is 21.8. The zero-order valence-corrected chi connectivity index (χ0v) is 52.8. The number of urea groups is 1. The number of aromatic nitrogens is 8. The summed E-state index contributed by atoms with van der Waals surface area (Å²) in [6, 6.07) is 4.53. The number of nitrogen functional groups attached to an aromatic ring is 1. The fraction of sp³-hybridized carbons (Fsp3) is 0.538. The number of nitrogens with zero attached hydrogens (tertiary/aromatic N) is 8. The molecular formula is C52H68F2N16O18P2S2. The van der Waals surface area contributed by atoms with Gasteiger partial charge in [0.25, 0.3) is 0 Å². The fourth-order valence-electron chi connectivity index (χ4n) is 9.88. The van der Waals surface area contributed by atoms with Crippen LogP contribution in [-0.2, 0) is 91.3 Å². The van der Waals surface area contributed by atoms with Crippen molar-refractivity contribution >= 4 is 124 Å². The molecule has 3 aliphatic rings. The lowest BCUT2D eigenvalue weighted by molar-refractivity contribution is -0.143. The molecule has 0 saturated carbocycles. The van der Waals surface area contributed by atoms with Crippen molar-refractivity contribution < 1.29 is 94.3 Å². The number of nitrogens with two attached hydrogens (primary N) is 2. The molecule has 0 radical (unpaired) electrons. The van der Waals surface area contributed by atoms with E-state index in [0.29, 0.717) is 11.3 Å². The zero-order valence-electron chi connectivity index (χ0n) is 49.4. The third-order valence-electron chi connectivity index (χ3n) is 14.6. The van der Waals surface area contributed by atoms with Crippen molar-refractivity contribution in [2.24, 2.45) is 23.5 Å². The van der Waals surface area contributed by atoms with Gasteiger partial charge in [-0.3, -0.25) is 46.9 Å². The van der Waals surface area contributed by atoms with Crippen LogP contribution in [0, 0.1) is 17.8 Å². The number of hydrogen-bond acceptors (Lipinski definition) is 24. The fourth-order valence-corrected chi connectivity index (χ4v) is 12.8. The van der Waals surface area contributed by atoms with E-state index in [1.165, 1.54) is 17.8 Å². The van der Waals surface area contributed by atoms with E-state index in [9.17, 15) is 48.1 Å². The number of hydrogen-bond donors (Lipinski definition) is 11. The molecule has 34 nitrogen and oxygen atoms in total. The summed E-state index contributed by atoms with van der Waals surface area (Å²) in [6.07, 6.45) is -10.2. The van der Waals surface area contributed by atoms with Crippen molar-refractivity contribution in [1.29, 1.82) is 0 Å². The highest BCUT2D eigenvalue weighted by molar-refractivity contribution is 8.07. The number of alkyl carbamates (subject to hydrolysis) is 1. The molecule has 8 rings (SSSR count). The number of aliphatic carboxylic acids is 1. The minimum atomic E-state index is -4.42. The number of halogens is 2. The van der Waals surface area contributed by atoms with Crippen LogP contribution >= 0.6 is 13.4 Å². The summed E-state index contributed by atoms with van der Waals surface area (Å²) in [6.45, 7) is -5.59. The van der Waals surface area contributed by atoms with Crippen molar-refractivity contribution in [3.8, 4) is 0 Å². The number of Topliss-reactive ketones (excluding diaryl/α,β-unsaturated/α-hetero) is 1. The Morgan fingerprint density at radius 1 is 0.728 bits per heavy atom. The Kier molecular flexibility index (Phi) is 24.0. The highest BCUT2D eigenvalue weighted by atomic mass is 32.5. The molecule has 3 unspecified atom stereocenters. The summed E-state index contributed by atoms with van der Waals surface area (Å²) < 4.78 is 75.1. The molecule has 92 heavy (non-hydrogen) atoms. The monoisotopic (exact) mass is 1370 g/mol. The lowest BCUT2D eigenvalue weighted by atomic mass is 9.89. The second kappa shape index (κ2) is 31.4. The summed E-state index contributed by atoms with van der Waals surface area (Å²) in [4.78, 5) is 147. The third-order valence-corrected chi connectivity index (χ3v) is 17.7. The quantitative estimate of drug-likeness (QED) is 0.0279. The smallest absolute Gasteiger partial charge is 0.407 e. The highest BCUT2D eigenvalue weighted by Gasteiger charge is 2.54. The maximum atomic E-state index is 16.7. The molecule has 40 heteroatoms. The molecule has 13 N–H and O–H groups in total. The van der Waals surface area contributed by atoms with Gasteiger partial charge in [-0.2, -0.15) is 0 Å². The Bertz CT molecular complexity index is 3620. The van der Waals surface area contributed by atoms with Gasteiger partial charge >= 0.3 is 31.5 Å². The number of fused-ring (bicyclic) bond motifs is 4. The first-order valence-electron chi connectivity index (χ1n) is 28.6. The normalized spacial score (nSPS) is 25.0. The minimum absolute atomic E-state index is 0.00509. The molecule has 7 heterocycles. The number of carbonyl (C=O) groups excluding carboxylic acids is 7. The lowest BCUT2D eigenvalue weighted by Crippen LogP contribution is -2.46. The summed E-state index contributed by atoms with van der Waals surface area (Å²) in [7, 11) is 0. The summed E-state index contributed by atoms with van der Waals surface area (Å²) in [5, 5.41) is 24.6. The number of primary amides is 1. The number of carboxylic acid groups (broad SMARTS) is 1. The first-order chi connectivity index (χ1) is 43.7. The van der Waals surface area contributed by atoms with Crippen LogP contribution in [0.4, 0.5) is 35.7 Å². The first-order valence-corrected chi connectivity index (χ1v) is 33.8. The van der Waals surface area contributed by atoms with Crippen LogP contribution in [-0.4, -0.2) is 177 Å². The van der Waals surface area contributed by atoms with E-state index in [4.69, 9.17) is 72.5 Å². The maximum absolute atomic E-state index is 16.7. The van der Waals surface area contributed by atoms with Gasteiger partial charge in [0.1, 0.15) is 49.2 Å². The van der Waals surface area contributed by atoms with Crippen molar-refractivity contribution in [2.45, 2.75) is 128 Å². The standard InChI is InChI=1S/C52H68F2N16O18P2S2/c1-25(2)38(67-34(73)12-15-57-35(74)16-26(3)50(76)77)30(71)17-28(6-4-13-58-51(56)78)47(75)66-29-10-8-27(9-11-29)18-82-52(79)59-14-5-7-33(72)68-44-40-46(63-22-61-44)70(24-65-40)49-37(54)42-32(86-49)20-84-89(80,91)87-41-31(19-83-90(81,92)88-42)85-48(36(41)53)69-23-64-39-43(55)60-21-62-45(39)69/h8-11,21-26,28,31-32,36-38,41-42,48-49H,4-7,12-20H2,1-3H3,(H,57,74)(H,59,79)(H,66,75)(H,67,73)(H,76,77)(H,80,91)(H,81,92)(H2,55,60,62)(H3,56,58,78)(H,61,63,68,72)/t26?,28-,31-,32-,36-,37-,38+,41-,42-,48-,49-,89?,90?/m1/s1. The van der Waals surface area contributed by atoms with Crippen molar-refractivity contribution in [2.75, 3.05) is 49.2 Å². The van der Waals surface area contributed by atoms with Crippen LogP contribution in [0.1, 0.15) is 83.7 Å². The molecule has 0 bridgehead atoms. The molecule has 1 aromatic carbocycles. The SMILES string of the molecule is CC(CC(=O)NCCC(=O)N[C@H](C(=O)C[C@@H](CCCNC(N)=O)C(=O)Nc1ccc(COC(=O)NCCCC(=O)Nc2ncnc3c2ncn3[C@@H]2O[C@@H]3COP(O)(=S)O[C@H]4[C@@H](F)[C@H](n5cnc6c(N)ncnc65)O[C@@H]4COP(O)(=S)O[C@H]3[C@H]2F)cc1)C(C)C)C(=O)O. The molecule has 0 aliphatic carbocycles. The summed E-state index contributed by atoms with van der Waals surface area (Å²) in [5.41, 5.74) is 12.2. The Balaban J connectivity index is 0.785. The van der Waals surface area contributed by atoms with Crippen LogP contribution in [0.2, 0.25) is 0 Å². The first kappa shape index (κ1) is 70.4. The van der Waals surface area contributed by atoms with Gasteiger partial charge in [-0.1, -0.05) is 32.9 Å². The number of carboxylic acids is 1. The third kappa shape index (κ3) is 18.6. The van der Waals surface area contributed by atoms with Crippen LogP contribution < -0.4 is 43.4 Å². The number of imidazole rings is 2. The Hall–Kier alpha value is -7.48. The van der Waals surface area contributed by atoms with Gasteiger partial charge in [-0.25, -0.2) is 48.3 Å². The second-order valence-corrected chi connectivity index (χ2v) is 27.4. The van der Waals surface area contributed by atoms with Gasteiger partial charge < -0.3 is 81.5 Å². The van der Waals surface area contributed by atoms with E-state index >= 15 is 8.78 Å². The highest BCUT2D eigenvalue weighted by Crippen LogP contribution is 2.55. The largest absolute Gasteiger partial charge is 0.481 e. The minimum Gasteiger partial charge on any atom is -0.481 e. The molecule has 3 fully saturated rings. The van der Waals surface area contributed by atoms with E-state index in [1.54, 1.807) is 38.1 Å². The number of ether oxygens (including phenoxy) is 3. The van der Waals surface area contributed by atoms with Gasteiger partial charge in [0.05, 0.1) is 37.8 Å². The molecule has 13 atom stereocenters. The van der Waals surface area contributed by atoms with Gasteiger partial charge in [0, 0.05) is 56.9 Å². The predicted molar refractivity (Wildman–Crippen MR) is 324 cm³/mol. The van der Waals surface area contributed by atoms with E-state index in [1.807, 2.05) is 0 Å². The lowest BCUT2D eigenvalue weighted by Gasteiger charge is -2.29. The zero-order chi connectivity index (χ0) is 66.6. The average molecular weight is 1370 g/mol. The predicted octanol–water partition coefficient (Wildman–Crippen LogP) is 2.34. The molecule has 7 amide bonds. The topological polar surface area (TPSA) is 473 Å². The number of anilines is 3. The van der Waals surface area contributed by atoms with E-state index in [-0.39, 0.29) is 111 Å². The average Bonchev–Trinajstić information content (AvgIpc) is 1.62. The van der Waals surface area contributed by atoms with E-state index < -0.39 is 141 Å². The summed E-state index contributed by atoms with van der Waals surface area (Å²) >= 11 is 10.5. The van der Waals surface area contributed by atoms with Gasteiger partial charge in [-0.05, 0) is 66.5 Å². The Morgan fingerprint density at radius 2 is 1.32 bits per heavy atom. The van der Waals surface area contributed by atoms with E-state index in [2.05, 4.69) is 61.8 Å². The molecule has 500 valence electrons. The van der Waals surface area contributed by atoms with Crippen molar-refractivity contribution in [3.05, 3.63) is 55.1 Å². The number of carbonyl (C=O) groups is 8. The summed E-state index contributed by atoms with van der Waals surface area (Å²) in [5.74, 6) is -6.01. The van der Waals surface area contributed by atoms with Crippen LogP contribution in [0.5, 0.6) is 0 Å². The number of ketones is 1. The maximum Gasteiger partial charge on any atom is 0.407 e. The molecule has 5 aromatic rings. The molecule has 0 spiro atoms. The Morgan fingerprint density at radius 3 is 1.91 bits per heavy atom. The van der Waals surface area contributed by atoms with Crippen LogP contribution in [0.25, 0.3) is 22.3 Å². The Labute approximate surface area is 532 Å². The molecule has 4 aromatic heterocycles. The van der Waals surface area contributed by atoms with Gasteiger partial charge in [-0.15, -0.1) is 0 Å². The van der Waals surface area contributed by atoms with Crippen LogP contribution in [0.15, 0.2) is 49.6 Å². The number of alkyl halides is 2. The number of amides is 7. The van der Waals surface area contributed by atoms with Crippen LogP contribution in [0.3, 0.4) is 0 Å². The number of benzene rings is 1. The molecule has 3 saturated heterocycles. The van der Waals surface area contributed by atoms with Gasteiger partial charge in [0.15, 0.2) is 59.0 Å².